The van der Waals surface area contributed by atoms with Crippen LogP contribution in [0.5, 0.6) is 0 Å². The number of rotatable bonds is 5. The van der Waals surface area contributed by atoms with E-state index in [9.17, 15) is 10.1 Å². The third-order valence-corrected chi connectivity index (χ3v) is 2.40. The maximum absolute atomic E-state index is 10.7. The lowest BCUT2D eigenvalue weighted by molar-refractivity contribution is -0.387. The maximum atomic E-state index is 10.7. The topological polar surface area (TPSA) is 127 Å². The second-order valence-corrected chi connectivity index (χ2v) is 3.43. The van der Waals surface area contributed by atoms with Crippen LogP contribution in [0.2, 0.25) is 0 Å². The number of hydrazine groups is 1. The molecular weight excluding hydrogens is 222 g/mol. The Morgan fingerprint density at radius 3 is 2.93 bits per heavy atom. The van der Waals surface area contributed by atoms with Gasteiger partial charge in [-0.15, -0.1) is 0 Å². The molecule has 0 amide bonds. The van der Waals surface area contributed by atoms with Crippen LogP contribution in [-0.2, 0) is 0 Å². The monoisotopic (exact) mass is 231 g/mol. The lowest BCUT2D eigenvalue weighted by Crippen LogP contribution is -2.12. The Hall–Kier alpha value is -1.45. The number of hydrogen-bond donors (Lipinski definition) is 3. The van der Waals surface area contributed by atoms with Crippen molar-refractivity contribution in [3.63, 3.8) is 0 Å². The number of nitrogens with two attached hydrogens (primary N) is 1. The van der Waals surface area contributed by atoms with E-state index in [1.807, 2.05) is 0 Å². The van der Waals surface area contributed by atoms with Crippen molar-refractivity contribution in [2.45, 2.75) is 5.03 Å². The SMILES string of the molecule is NNc1ncnc(SCCO)c1[N+](=O)[O-]. The standard InChI is InChI=1S/C6H9N5O3S/c7-10-5-4(11(13)14)6(9-3-8-5)15-2-1-12/h3,12H,1-2,7H2,(H,8,9,10). The molecule has 82 valence electrons. The van der Waals surface area contributed by atoms with Gasteiger partial charge in [0.25, 0.3) is 0 Å². The van der Waals surface area contributed by atoms with Crippen LogP contribution in [0.25, 0.3) is 0 Å². The normalized spacial score (nSPS) is 10.0. The predicted molar refractivity (Wildman–Crippen MR) is 54.3 cm³/mol. The number of nitro groups is 1. The van der Waals surface area contributed by atoms with E-state index >= 15 is 0 Å². The third-order valence-electron chi connectivity index (χ3n) is 1.44. The summed E-state index contributed by atoms with van der Waals surface area (Å²) in [4.78, 5) is 17.5. The van der Waals surface area contributed by atoms with E-state index in [2.05, 4.69) is 15.4 Å². The molecule has 0 saturated carbocycles. The Balaban J connectivity index is 3.07. The number of aromatic nitrogens is 2. The van der Waals surface area contributed by atoms with Gasteiger partial charge in [-0.3, -0.25) is 10.1 Å². The smallest absolute Gasteiger partial charge is 0.344 e. The van der Waals surface area contributed by atoms with Crippen molar-refractivity contribution in [1.82, 2.24) is 9.97 Å². The fourth-order valence-corrected chi connectivity index (χ4v) is 1.59. The summed E-state index contributed by atoms with van der Waals surface area (Å²) in [5.41, 5.74) is 1.85. The van der Waals surface area contributed by atoms with E-state index < -0.39 is 4.92 Å². The van der Waals surface area contributed by atoms with E-state index in [1.165, 1.54) is 6.33 Å². The highest BCUT2D eigenvalue weighted by Crippen LogP contribution is 2.31. The molecule has 8 nitrogen and oxygen atoms in total. The Morgan fingerprint density at radius 1 is 1.67 bits per heavy atom. The van der Waals surface area contributed by atoms with Crippen molar-refractivity contribution in [1.29, 1.82) is 0 Å². The van der Waals surface area contributed by atoms with Gasteiger partial charge in [0, 0.05) is 5.75 Å². The average molecular weight is 231 g/mol. The molecule has 1 aromatic rings. The first kappa shape index (κ1) is 11.6. The van der Waals surface area contributed by atoms with Gasteiger partial charge in [-0.1, -0.05) is 11.8 Å². The van der Waals surface area contributed by atoms with Crippen LogP contribution in [0, 0.1) is 10.1 Å². The van der Waals surface area contributed by atoms with Gasteiger partial charge in [0.2, 0.25) is 5.82 Å². The van der Waals surface area contributed by atoms with Crippen LogP contribution in [-0.4, -0.2) is 32.4 Å². The number of nitrogens with zero attached hydrogens (tertiary/aromatic N) is 3. The molecular formula is C6H9N5O3S. The molecule has 0 aliphatic carbocycles. The molecule has 0 unspecified atom stereocenters. The van der Waals surface area contributed by atoms with Crippen LogP contribution in [0.3, 0.4) is 0 Å². The van der Waals surface area contributed by atoms with E-state index in [1.54, 1.807) is 0 Å². The van der Waals surface area contributed by atoms with Crippen molar-refractivity contribution >= 4 is 23.3 Å². The largest absolute Gasteiger partial charge is 0.396 e. The lowest BCUT2D eigenvalue weighted by atomic mass is 10.5. The Bertz CT molecular complexity index is 361. The van der Waals surface area contributed by atoms with Crippen molar-refractivity contribution in [2.75, 3.05) is 17.8 Å². The molecule has 0 aliphatic heterocycles. The van der Waals surface area contributed by atoms with Gasteiger partial charge in [0.1, 0.15) is 6.33 Å². The van der Waals surface area contributed by atoms with Crippen molar-refractivity contribution < 1.29 is 10.0 Å². The van der Waals surface area contributed by atoms with Gasteiger partial charge in [-0.25, -0.2) is 15.8 Å². The highest BCUT2D eigenvalue weighted by atomic mass is 32.2. The molecule has 0 saturated heterocycles. The fourth-order valence-electron chi connectivity index (χ4n) is 0.881. The summed E-state index contributed by atoms with van der Waals surface area (Å²) < 4.78 is 0. The number of anilines is 1. The van der Waals surface area contributed by atoms with Crippen LogP contribution >= 0.6 is 11.8 Å². The summed E-state index contributed by atoms with van der Waals surface area (Å²) in [7, 11) is 0. The average Bonchev–Trinajstić information content (AvgIpc) is 2.25. The number of aliphatic hydroxyl groups excluding tert-OH is 1. The summed E-state index contributed by atoms with van der Waals surface area (Å²) in [5, 5.41) is 19.5. The Kier molecular flexibility index (Phi) is 4.21. The zero-order chi connectivity index (χ0) is 11.3. The molecule has 0 fully saturated rings. The Labute approximate surface area is 89.0 Å². The van der Waals surface area contributed by atoms with E-state index in [0.717, 1.165) is 11.8 Å². The van der Waals surface area contributed by atoms with Gasteiger partial charge in [0.15, 0.2) is 5.03 Å². The number of nitrogen functional groups attached to an aromatic ring is 1. The highest BCUT2D eigenvalue weighted by molar-refractivity contribution is 7.99. The summed E-state index contributed by atoms with van der Waals surface area (Å²) in [5.74, 6) is 5.36. The van der Waals surface area contributed by atoms with E-state index in [4.69, 9.17) is 10.9 Å². The van der Waals surface area contributed by atoms with Gasteiger partial charge < -0.3 is 10.5 Å². The quantitative estimate of drug-likeness (QED) is 0.208. The zero-order valence-corrected chi connectivity index (χ0v) is 8.40. The lowest BCUT2D eigenvalue weighted by Gasteiger charge is -2.03. The van der Waals surface area contributed by atoms with Crippen LogP contribution in [0.4, 0.5) is 11.5 Å². The van der Waals surface area contributed by atoms with Crippen LogP contribution in [0.15, 0.2) is 11.4 Å². The molecule has 4 N–H and O–H groups in total. The first-order valence-electron chi connectivity index (χ1n) is 3.90. The van der Waals surface area contributed by atoms with Crippen molar-refractivity contribution in [3.05, 3.63) is 16.4 Å². The summed E-state index contributed by atoms with van der Waals surface area (Å²) in [6, 6.07) is 0. The predicted octanol–water partition coefficient (Wildman–Crippen LogP) is -0.245. The second kappa shape index (κ2) is 5.44. The molecule has 0 aliphatic rings. The molecule has 0 atom stereocenters. The zero-order valence-electron chi connectivity index (χ0n) is 7.58. The minimum absolute atomic E-state index is 0.0459. The molecule has 1 rings (SSSR count). The summed E-state index contributed by atoms with van der Waals surface area (Å²) in [6.45, 7) is -0.0861. The highest BCUT2D eigenvalue weighted by Gasteiger charge is 2.22. The fraction of sp³-hybridized carbons (Fsp3) is 0.333. The van der Waals surface area contributed by atoms with Gasteiger partial charge in [-0.05, 0) is 0 Å². The summed E-state index contributed by atoms with van der Waals surface area (Å²) in [6.07, 6.45) is 1.17. The molecule has 0 aromatic carbocycles. The summed E-state index contributed by atoms with van der Waals surface area (Å²) >= 11 is 1.07. The van der Waals surface area contributed by atoms with E-state index in [0.29, 0.717) is 5.75 Å². The molecule has 15 heavy (non-hydrogen) atoms. The second-order valence-electron chi connectivity index (χ2n) is 2.35. The number of hydrogen-bond acceptors (Lipinski definition) is 8. The minimum atomic E-state index is -0.616. The minimum Gasteiger partial charge on any atom is -0.396 e. The van der Waals surface area contributed by atoms with Gasteiger partial charge in [0.05, 0.1) is 11.5 Å². The van der Waals surface area contributed by atoms with Gasteiger partial charge in [-0.2, -0.15) is 0 Å². The van der Waals surface area contributed by atoms with Crippen molar-refractivity contribution in [2.24, 2.45) is 5.84 Å². The Morgan fingerprint density at radius 2 is 2.40 bits per heavy atom. The molecule has 1 aromatic heterocycles. The molecule has 9 heteroatoms. The first-order valence-corrected chi connectivity index (χ1v) is 4.89. The van der Waals surface area contributed by atoms with Crippen LogP contribution < -0.4 is 11.3 Å². The van der Waals surface area contributed by atoms with Gasteiger partial charge >= 0.3 is 5.69 Å². The third kappa shape index (κ3) is 2.75. The first-order chi connectivity index (χ1) is 7.20. The molecule has 0 spiro atoms. The van der Waals surface area contributed by atoms with E-state index in [-0.39, 0.29) is 23.1 Å². The molecule has 1 heterocycles. The molecule has 0 bridgehead atoms. The number of aliphatic hydroxyl groups is 1. The number of thioether (sulfide) groups is 1. The molecule has 0 radical (unpaired) electrons. The maximum Gasteiger partial charge on any atom is 0.344 e. The number of nitrogens with one attached hydrogen (secondary N) is 1. The van der Waals surface area contributed by atoms with Crippen molar-refractivity contribution in [3.8, 4) is 0 Å². The van der Waals surface area contributed by atoms with Crippen LogP contribution in [0.1, 0.15) is 0 Å².